The monoisotopic (exact) mass is 348 g/mol. The van der Waals surface area contributed by atoms with Crippen LogP contribution in [0.2, 0.25) is 0 Å². The molecule has 2 rings (SSSR count). The maximum atomic E-state index is 5.45. The number of furan rings is 1. The third-order valence-electron chi connectivity index (χ3n) is 2.11. The van der Waals surface area contributed by atoms with Crippen LogP contribution in [-0.4, -0.2) is 11.5 Å². The zero-order chi connectivity index (χ0) is 11.4. The number of thiazole rings is 1. The van der Waals surface area contributed by atoms with Crippen molar-refractivity contribution in [2.24, 2.45) is 0 Å². The molecule has 0 saturated heterocycles. The van der Waals surface area contributed by atoms with Crippen molar-refractivity contribution < 1.29 is 4.42 Å². The summed E-state index contributed by atoms with van der Waals surface area (Å²) in [5.74, 6) is 0.986. The van der Waals surface area contributed by atoms with Gasteiger partial charge < -0.3 is 9.73 Å². The molecule has 16 heavy (non-hydrogen) atoms. The van der Waals surface area contributed by atoms with Crippen molar-refractivity contribution in [1.82, 2.24) is 10.3 Å². The SMILES string of the molecule is Cc1csc(CCNCc2ccc(I)o2)n1. The highest BCUT2D eigenvalue weighted by molar-refractivity contribution is 14.1. The number of aromatic nitrogens is 1. The van der Waals surface area contributed by atoms with Crippen LogP contribution in [0, 0.1) is 10.7 Å². The summed E-state index contributed by atoms with van der Waals surface area (Å²) in [6, 6.07) is 3.98. The number of aryl methyl sites for hydroxylation is 1. The topological polar surface area (TPSA) is 38.1 Å². The van der Waals surface area contributed by atoms with Crippen molar-refractivity contribution in [3.63, 3.8) is 0 Å². The minimum atomic E-state index is 0.785. The fourth-order valence-corrected chi connectivity index (χ4v) is 2.61. The van der Waals surface area contributed by atoms with Gasteiger partial charge in [0.1, 0.15) is 5.76 Å². The van der Waals surface area contributed by atoms with E-state index in [4.69, 9.17) is 4.42 Å². The number of hydrogen-bond donors (Lipinski definition) is 1. The molecule has 2 aromatic rings. The van der Waals surface area contributed by atoms with Crippen LogP contribution >= 0.6 is 33.9 Å². The van der Waals surface area contributed by atoms with E-state index in [0.29, 0.717) is 0 Å². The zero-order valence-electron chi connectivity index (χ0n) is 9.00. The van der Waals surface area contributed by atoms with Gasteiger partial charge in [0.25, 0.3) is 0 Å². The molecule has 0 spiro atoms. The minimum Gasteiger partial charge on any atom is -0.454 e. The molecule has 0 aromatic carbocycles. The Morgan fingerprint density at radius 2 is 2.38 bits per heavy atom. The largest absolute Gasteiger partial charge is 0.454 e. The molecule has 0 saturated carbocycles. The van der Waals surface area contributed by atoms with Crippen molar-refractivity contribution in [1.29, 1.82) is 0 Å². The van der Waals surface area contributed by atoms with Crippen LogP contribution in [0.3, 0.4) is 0 Å². The molecule has 5 heteroatoms. The molecule has 0 amide bonds. The Labute approximate surface area is 112 Å². The molecule has 0 bridgehead atoms. The van der Waals surface area contributed by atoms with Crippen LogP contribution in [0.25, 0.3) is 0 Å². The second-order valence-electron chi connectivity index (χ2n) is 3.52. The van der Waals surface area contributed by atoms with Crippen molar-refractivity contribution in [2.45, 2.75) is 19.9 Å². The van der Waals surface area contributed by atoms with E-state index >= 15 is 0 Å². The quantitative estimate of drug-likeness (QED) is 0.667. The Morgan fingerprint density at radius 1 is 1.50 bits per heavy atom. The van der Waals surface area contributed by atoms with Gasteiger partial charge in [-0.25, -0.2) is 4.98 Å². The van der Waals surface area contributed by atoms with E-state index in [1.54, 1.807) is 11.3 Å². The molecule has 1 N–H and O–H groups in total. The van der Waals surface area contributed by atoms with Gasteiger partial charge >= 0.3 is 0 Å². The zero-order valence-corrected chi connectivity index (χ0v) is 12.0. The molecule has 0 aliphatic carbocycles. The van der Waals surface area contributed by atoms with Gasteiger partial charge in [-0.05, 0) is 41.6 Å². The summed E-state index contributed by atoms with van der Waals surface area (Å²) in [6.07, 6.45) is 0.982. The number of halogens is 1. The molecule has 0 radical (unpaired) electrons. The maximum absolute atomic E-state index is 5.45. The molecule has 2 aromatic heterocycles. The summed E-state index contributed by atoms with van der Waals surface area (Å²) < 4.78 is 6.39. The smallest absolute Gasteiger partial charge is 0.164 e. The lowest BCUT2D eigenvalue weighted by Crippen LogP contribution is -2.16. The van der Waals surface area contributed by atoms with Gasteiger partial charge in [-0.1, -0.05) is 0 Å². The summed E-state index contributed by atoms with van der Waals surface area (Å²) in [7, 11) is 0. The second-order valence-corrected chi connectivity index (χ2v) is 5.52. The highest BCUT2D eigenvalue weighted by Crippen LogP contribution is 2.10. The first-order valence-corrected chi connectivity index (χ1v) is 7.06. The van der Waals surface area contributed by atoms with E-state index in [-0.39, 0.29) is 0 Å². The summed E-state index contributed by atoms with van der Waals surface area (Å²) in [4.78, 5) is 4.41. The van der Waals surface area contributed by atoms with Crippen LogP contribution in [0.5, 0.6) is 0 Å². The van der Waals surface area contributed by atoms with Gasteiger partial charge in [-0.15, -0.1) is 11.3 Å². The van der Waals surface area contributed by atoms with Crippen LogP contribution in [-0.2, 0) is 13.0 Å². The average Bonchev–Trinajstić information content (AvgIpc) is 2.83. The van der Waals surface area contributed by atoms with E-state index in [9.17, 15) is 0 Å². The molecule has 0 aliphatic rings. The summed E-state index contributed by atoms with van der Waals surface area (Å²) >= 11 is 3.90. The Kier molecular flexibility index (Phi) is 4.37. The molecular formula is C11H13IN2OS. The van der Waals surface area contributed by atoms with Gasteiger partial charge in [0.05, 0.1) is 11.6 Å². The second kappa shape index (κ2) is 5.79. The third-order valence-corrected chi connectivity index (χ3v) is 3.72. The number of nitrogens with zero attached hydrogens (tertiary/aromatic N) is 1. The number of rotatable bonds is 5. The fraction of sp³-hybridized carbons (Fsp3) is 0.364. The standard InChI is InChI=1S/C11H13IN2OS/c1-8-7-16-11(14-8)4-5-13-6-9-2-3-10(12)15-9/h2-3,7,13H,4-6H2,1H3. The third kappa shape index (κ3) is 3.57. The van der Waals surface area contributed by atoms with Gasteiger partial charge in [0.2, 0.25) is 0 Å². The lowest BCUT2D eigenvalue weighted by Gasteiger charge is -2.00. The first kappa shape index (κ1) is 12.1. The lowest BCUT2D eigenvalue weighted by atomic mass is 10.4. The van der Waals surface area contributed by atoms with Crippen LogP contribution < -0.4 is 5.32 Å². The predicted octanol–water partition coefficient (Wildman–Crippen LogP) is 2.98. The fourth-order valence-electron chi connectivity index (χ4n) is 1.37. The average molecular weight is 348 g/mol. The van der Waals surface area contributed by atoms with E-state index in [0.717, 1.165) is 34.7 Å². The van der Waals surface area contributed by atoms with Gasteiger partial charge in [0.15, 0.2) is 3.77 Å². The van der Waals surface area contributed by atoms with Gasteiger partial charge in [-0.3, -0.25) is 0 Å². The Bertz CT molecular complexity index is 410. The van der Waals surface area contributed by atoms with Crippen molar-refractivity contribution in [2.75, 3.05) is 6.54 Å². The molecule has 3 nitrogen and oxygen atoms in total. The molecule has 0 aliphatic heterocycles. The van der Waals surface area contributed by atoms with E-state index in [1.165, 1.54) is 5.01 Å². The Morgan fingerprint density at radius 3 is 3.00 bits per heavy atom. The number of nitrogens with one attached hydrogen (secondary N) is 1. The lowest BCUT2D eigenvalue weighted by molar-refractivity contribution is 0.464. The van der Waals surface area contributed by atoms with Gasteiger partial charge in [0, 0.05) is 24.0 Å². The minimum absolute atomic E-state index is 0.785. The molecule has 2 heterocycles. The first-order valence-electron chi connectivity index (χ1n) is 5.10. The molecule has 0 fully saturated rings. The van der Waals surface area contributed by atoms with Gasteiger partial charge in [-0.2, -0.15) is 0 Å². The first-order chi connectivity index (χ1) is 7.74. The Balaban J connectivity index is 1.69. The van der Waals surface area contributed by atoms with E-state index in [1.807, 2.05) is 19.1 Å². The summed E-state index contributed by atoms with van der Waals surface area (Å²) in [5.41, 5.74) is 1.11. The predicted molar refractivity (Wildman–Crippen MR) is 73.7 cm³/mol. The number of hydrogen-bond acceptors (Lipinski definition) is 4. The van der Waals surface area contributed by atoms with Crippen LogP contribution in [0.15, 0.2) is 21.9 Å². The van der Waals surface area contributed by atoms with E-state index < -0.39 is 0 Å². The molecule has 86 valence electrons. The van der Waals surface area contributed by atoms with Crippen molar-refractivity contribution in [3.8, 4) is 0 Å². The van der Waals surface area contributed by atoms with Crippen molar-refractivity contribution >= 4 is 33.9 Å². The van der Waals surface area contributed by atoms with Crippen LogP contribution in [0.4, 0.5) is 0 Å². The normalized spacial score (nSPS) is 10.9. The highest BCUT2D eigenvalue weighted by atomic mass is 127. The highest BCUT2D eigenvalue weighted by Gasteiger charge is 2.00. The molecular weight excluding hydrogens is 335 g/mol. The molecule has 0 atom stereocenters. The summed E-state index contributed by atoms with van der Waals surface area (Å²) in [5, 5.41) is 6.62. The summed E-state index contributed by atoms with van der Waals surface area (Å²) in [6.45, 7) is 3.75. The van der Waals surface area contributed by atoms with Crippen LogP contribution in [0.1, 0.15) is 16.5 Å². The van der Waals surface area contributed by atoms with E-state index in [2.05, 4.69) is 38.3 Å². The Hall–Kier alpha value is -0.400. The van der Waals surface area contributed by atoms with Crippen molar-refractivity contribution in [3.05, 3.63) is 37.7 Å². The maximum Gasteiger partial charge on any atom is 0.164 e. The molecule has 0 unspecified atom stereocenters.